The summed E-state index contributed by atoms with van der Waals surface area (Å²) in [6.07, 6.45) is 2.62. The fourth-order valence-corrected chi connectivity index (χ4v) is 2.55. The standard InChI is InChI=1S/C15H19NO4S/c1-5-20-12-8-6-7-11-13(12)10(9-16-11)14(17)15(2,3)21(4,18)19/h6-9,16H,5H2,1-4H3. The minimum absolute atomic E-state index is 0.337. The van der Waals surface area contributed by atoms with E-state index in [-0.39, 0.29) is 0 Å². The highest BCUT2D eigenvalue weighted by atomic mass is 32.2. The van der Waals surface area contributed by atoms with Gasteiger partial charge in [-0.3, -0.25) is 4.79 Å². The molecule has 0 spiro atoms. The molecule has 0 unspecified atom stereocenters. The van der Waals surface area contributed by atoms with Crippen LogP contribution in [0.15, 0.2) is 24.4 Å². The third kappa shape index (κ3) is 2.55. The number of hydrogen-bond donors (Lipinski definition) is 1. The number of sulfone groups is 1. The second kappa shape index (κ2) is 5.18. The first-order valence-electron chi connectivity index (χ1n) is 6.67. The zero-order valence-corrected chi connectivity index (χ0v) is 13.4. The maximum absolute atomic E-state index is 12.7. The molecular formula is C15H19NO4S. The maximum atomic E-state index is 12.7. The lowest BCUT2D eigenvalue weighted by molar-refractivity contribution is 0.0955. The molecule has 2 aromatic rings. The van der Waals surface area contributed by atoms with E-state index in [1.807, 2.05) is 19.1 Å². The molecule has 114 valence electrons. The number of Topliss-reactive ketones (excluding diaryl/α,β-unsaturated/α-hetero) is 1. The van der Waals surface area contributed by atoms with Gasteiger partial charge >= 0.3 is 0 Å². The fraction of sp³-hybridized carbons (Fsp3) is 0.400. The quantitative estimate of drug-likeness (QED) is 0.861. The number of H-pyrrole nitrogens is 1. The molecule has 0 aliphatic rings. The Morgan fingerprint density at radius 1 is 1.33 bits per heavy atom. The molecule has 1 aromatic heterocycles. The van der Waals surface area contributed by atoms with E-state index in [1.54, 1.807) is 12.3 Å². The SMILES string of the molecule is CCOc1cccc2[nH]cc(C(=O)C(C)(C)S(C)(=O)=O)c12. The third-order valence-corrected chi connectivity index (χ3v) is 5.73. The van der Waals surface area contributed by atoms with Crippen molar-refractivity contribution in [1.29, 1.82) is 0 Å². The summed E-state index contributed by atoms with van der Waals surface area (Å²) in [5, 5.41) is 0.626. The summed E-state index contributed by atoms with van der Waals surface area (Å²) in [6, 6.07) is 5.41. The van der Waals surface area contributed by atoms with Gasteiger partial charge in [0.1, 0.15) is 10.5 Å². The molecule has 2 rings (SSSR count). The van der Waals surface area contributed by atoms with Gasteiger partial charge in [0.2, 0.25) is 0 Å². The molecule has 1 N–H and O–H groups in total. The molecule has 0 amide bonds. The van der Waals surface area contributed by atoms with E-state index in [0.29, 0.717) is 23.3 Å². The van der Waals surface area contributed by atoms with Gasteiger partial charge in [0.25, 0.3) is 0 Å². The molecule has 0 saturated carbocycles. The highest BCUT2D eigenvalue weighted by Gasteiger charge is 2.40. The summed E-state index contributed by atoms with van der Waals surface area (Å²) in [5.41, 5.74) is 1.08. The summed E-state index contributed by atoms with van der Waals surface area (Å²) in [6.45, 7) is 5.17. The van der Waals surface area contributed by atoms with Crippen LogP contribution in [-0.2, 0) is 9.84 Å². The van der Waals surface area contributed by atoms with Crippen LogP contribution in [0, 0.1) is 0 Å². The predicted octanol–water partition coefficient (Wildman–Crippen LogP) is 2.57. The van der Waals surface area contributed by atoms with Gasteiger partial charge < -0.3 is 9.72 Å². The van der Waals surface area contributed by atoms with Gasteiger partial charge in [0, 0.05) is 23.5 Å². The predicted molar refractivity (Wildman–Crippen MR) is 82.7 cm³/mol. The van der Waals surface area contributed by atoms with E-state index in [0.717, 1.165) is 11.8 Å². The van der Waals surface area contributed by atoms with Crippen molar-refractivity contribution in [2.24, 2.45) is 0 Å². The number of carbonyl (C=O) groups excluding carboxylic acids is 1. The number of nitrogens with one attached hydrogen (secondary N) is 1. The lowest BCUT2D eigenvalue weighted by Gasteiger charge is -2.20. The summed E-state index contributed by atoms with van der Waals surface area (Å²) >= 11 is 0. The highest BCUT2D eigenvalue weighted by Crippen LogP contribution is 2.32. The van der Waals surface area contributed by atoms with Crippen LogP contribution in [0.2, 0.25) is 0 Å². The van der Waals surface area contributed by atoms with Crippen molar-refractivity contribution in [2.75, 3.05) is 12.9 Å². The average molecular weight is 309 g/mol. The molecule has 0 bridgehead atoms. The van der Waals surface area contributed by atoms with Gasteiger partial charge in [-0.1, -0.05) is 6.07 Å². The Morgan fingerprint density at radius 3 is 2.57 bits per heavy atom. The van der Waals surface area contributed by atoms with Gasteiger partial charge in [0.05, 0.1) is 12.0 Å². The summed E-state index contributed by atoms with van der Waals surface area (Å²) in [5.74, 6) is 0.132. The van der Waals surface area contributed by atoms with Crippen molar-refractivity contribution >= 4 is 26.5 Å². The molecule has 0 atom stereocenters. The van der Waals surface area contributed by atoms with E-state index in [1.165, 1.54) is 13.8 Å². The molecule has 0 fully saturated rings. The third-order valence-electron chi connectivity index (χ3n) is 3.69. The number of ketones is 1. The Kier molecular flexibility index (Phi) is 3.84. The smallest absolute Gasteiger partial charge is 0.185 e. The largest absolute Gasteiger partial charge is 0.493 e. The van der Waals surface area contributed by atoms with Crippen LogP contribution in [0.25, 0.3) is 10.9 Å². The molecular weight excluding hydrogens is 290 g/mol. The zero-order valence-electron chi connectivity index (χ0n) is 12.6. The van der Waals surface area contributed by atoms with Gasteiger partial charge in [-0.05, 0) is 32.9 Å². The highest BCUT2D eigenvalue weighted by molar-refractivity contribution is 7.92. The molecule has 6 heteroatoms. The number of fused-ring (bicyclic) bond motifs is 1. The first-order chi connectivity index (χ1) is 9.70. The normalized spacial score (nSPS) is 12.6. The number of ether oxygens (including phenoxy) is 1. The summed E-state index contributed by atoms with van der Waals surface area (Å²) in [7, 11) is -3.53. The van der Waals surface area contributed by atoms with Gasteiger partial charge in [-0.25, -0.2) is 8.42 Å². The summed E-state index contributed by atoms with van der Waals surface area (Å²) in [4.78, 5) is 15.7. The first-order valence-corrected chi connectivity index (χ1v) is 8.56. The molecule has 0 saturated heterocycles. The van der Waals surface area contributed by atoms with E-state index >= 15 is 0 Å². The Hall–Kier alpha value is -1.82. The van der Waals surface area contributed by atoms with Crippen LogP contribution in [0.5, 0.6) is 5.75 Å². The van der Waals surface area contributed by atoms with Crippen molar-refractivity contribution < 1.29 is 17.9 Å². The Morgan fingerprint density at radius 2 is 2.00 bits per heavy atom. The first kappa shape index (κ1) is 15.6. The molecule has 0 aliphatic carbocycles. The lowest BCUT2D eigenvalue weighted by atomic mass is 9.99. The van der Waals surface area contributed by atoms with Gasteiger partial charge in [0.15, 0.2) is 15.6 Å². The number of carbonyl (C=O) groups is 1. The molecule has 0 radical (unpaired) electrons. The number of hydrogen-bond acceptors (Lipinski definition) is 4. The number of aromatic nitrogens is 1. The molecule has 0 aliphatic heterocycles. The molecule has 5 nitrogen and oxygen atoms in total. The zero-order chi connectivity index (χ0) is 15.8. The minimum Gasteiger partial charge on any atom is -0.493 e. The van der Waals surface area contributed by atoms with E-state index < -0.39 is 20.4 Å². The van der Waals surface area contributed by atoms with Crippen molar-refractivity contribution in [3.8, 4) is 5.75 Å². The number of aromatic amines is 1. The number of benzene rings is 1. The van der Waals surface area contributed by atoms with Crippen LogP contribution in [0.1, 0.15) is 31.1 Å². The van der Waals surface area contributed by atoms with Crippen LogP contribution in [-0.4, -0.2) is 36.8 Å². The molecule has 1 heterocycles. The Labute approximate surface area is 124 Å². The van der Waals surface area contributed by atoms with Gasteiger partial charge in [-0.15, -0.1) is 0 Å². The van der Waals surface area contributed by atoms with Crippen molar-refractivity contribution in [3.63, 3.8) is 0 Å². The second-order valence-corrected chi connectivity index (χ2v) is 7.99. The average Bonchev–Trinajstić information content (AvgIpc) is 2.81. The van der Waals surface area contributed by atoms with Crippen molar-refractivity contribution in [1.82, 2.24) is 4.98 Å². The maximum Gasteiger partial charge on any atom is 0.185 e. The Balaban J connectivity index is 2.65. The Bertz CT molecular complexity index is 787. The van der Waals surface area contributed by atoms with Crippen molar-refractivity contribution in [3.05, 3.63) is 30.0 Å². The fourth-order valence-electron chi connectivity index (χ4n) is 2.10. The van der Waals surface area contributed by atoms with Gasteiger partial charge in [-0.2, -0.15) is 0 Å². The number of rotatable bonds is 5. The second-order valence-electron chi connectivity index (χ2n) is 5.43. The van der Waals surface area contributed by atoms with E-state index in [4.69, 9.17) is 4.74 Å². The van der Waals surface area contributed by atoms with Crippen LogP contribution < -0.4 is 4.74 Å². The monoisotopic (exact) mass is 309 g/mol. The molecule has 1 aromatic carbocycles. The topological polar surface area (TPSA) is 76.2 Å². The molecule has 21 heavy (non-hydrogen) atoms. The van der Waals surface area contributed by atoms with Crippen molar-refractivity contribution in [2.45, 2.75) is 25.5 Å². The van der Waals surface area contributed by atoms with Crippen LogP contribution in [0.3, 0.4) is 0 Å². The van der Waals surface area contributed by atoms with Crippen LogP contribution >= 0.6 is 0 Å². The lowest BCUT2D eigenvalue weighted by Crippen LogP contribution is -2.39. The van der Waals surface area contributed by atoms with Crippen LogP contribution in [0.4, 0.5) is 0 Å². The summed E-state index contributed by atoms with van der Waals surface area (Å²) < 4.78 is 27.8. The van der Waals surface area contributed by atoms with E-state index in [2.05, 4.69) is 4.98 Å². The van der Waals surface area contributed by atoms with E-state index in [9.17, 15) is 13.2 Å². The minimum atomic E-state index is -3.53.